The minimum atomic E-state index is 0.607. The standard InChI is InChI=1S/C11H7BrCl2N2/c12-10(6-16-4-3-15-7-16)9-2-1-8(13)5-11(9)14/h1-7H. The third-order valence-electron chi connectivity index (χ3n) is 1.98. The first-order valence-electron chi connectivity index (χ1n) is 4.47. The van der Waals surface area contributed by atoms with E-state index in [-0.39, 0.29) is 0 Å². The highest BCUT2D eigenvalue weighted by Gasteiger charge is 2.04. The van der Waals surface area contributed by atoms with E-state index in [1.54, 1.807) is 24.7 Å². The van der Waals surface area contributed by atoms with Gasteiger partial charge in [0.1, 0.15) is 0 Å². The van der Waals surface area contributed by atoms with Gasteiger partial charge in [0.25, 0.3) is 0 Å². The summed E-state index contributed by atoms with van der Waals surface area (Å²) in [4.78, 5) is 3.95. The van der Waals surface area contributed by atoms with Gasteiger partial charge in [-0.05, 0) is 28.1 Å². The second-order valence-corrected chi connectivity index (χ2v) is 4.81. The summed E-state index contributed by atoms with van der Waals surface area (Å²) in [6.45, 7) is 0. The molecule has 0 aliphatic rings. The van der Waals surface area contributed by atoms with Crippen LogP contribution in [0.4, 0.5) is 0 Å². The monoisotopic (exact) mass is 316 g/mol. The number of benzene rings is 1. The van der Waals surface area contributed by atoms with Crippen LogP contribution in [-0.2, 0) is 0 Å². The number of imidazole rings is 1. The molecule has 0 bridgehead atoms. The molecule has 0 amide bonds. The fraction of sp³-hybridized carbons (Fsp3) is 0. The van der Waals surface area contributed by atoms with E-state index >= 15 is 0 Å². The Kier molecular flexibility index (Phi) is 3.69. The van der Waals surface area contributed by atoms with Crippen LogP contribution in [0.3, 0.4) is 0 Å². The molecule has 0 spiro atoms. The van der Waals surface area contributed by atoms with Crippen molar-refractivity contribution >= 4 is 49.8 Å². The lowest BCUT2D eigenvalue weighted by atomic mass is 10.2. The second kappa shape index (κ2) is 5.04. The van der Waals surface area contributed by atoms with Crippen molar-refractivity contribution in [3.8, 4) is 0 Å². The van der Waals surface area contributed by atoms with Gasteiger partial charge in [-0.15, -0.1) is 0 Å². The fourth-order valence-corrected chi connectivity index (χ4v) is 2.44. The van der Waals surface area contributed by atoms with Gasteiger partial charge >= 0.3 is 0 Å². The Labute approximate surface area is 112 Å². The number of nitrogens with zero attached hydrogens (tertiary/aromatic N) is 2. The zero-order valence-corrected chi connectivity index (χ0v) is 11.2. The van der Waals surface area contributed by atoms with Crippen LogP contribution in [0.1, 0.15) is 5.56 Å². The molecule has 0 radical (unpaired) electrons. The minimum absolute atomic E-state index is 0.607. The Morgan fingerprint density at radius 2 is 2.19 bits per heavy atom. The molecular formula is C11H7BrCl2N2. The topological polar surface area (TPSA) is 17.8 Å². The van der Waals surface area contributed by atoms with Crippen molar-refractivity contribution in [3.63, 3.8) is 0 Å². The summed E-state index contributed by atoms with van der Waals surface area (Å²) in [6.07, 6.45) is 7.12. The van der Waals surface area contributed by atoms with E-state index in [4.69, 9.17) is 23.2 Å². The lowest BCUT2D eigenvalue weighted by Crippen LogP contribution is -1.84. The van der Waals surface area contributed by atoms with Crippen molar-refractivity contribution in [2.45, 2.75) is 0 Å². The van der Waals surface area contributed by atoms with Crippen LogP contribution in [0.2, 0.25) is 10.0 Å². The average molecular weight is 318 g/mol. The van der Waals surface area contributed by atoms with Crippen molar-refractivity contribution in [2.24, 2.45) is 0 Å². The van der Waals surface area contributed by atoms with E-state index in [0.717, 1.165) is 10.0 Å². The highest BCUT2D eigenvalue weighted by Crippen LogP contribution is 2.30. The molecule has 1 aromatic heterocycles. The Bertz CT molecular complexity index is 521. The highest BCUT2D eigenvalue weighted by atomic mass is 79.9. The highest BCUT2D eigenvalue weighted by molar-refractivity contribution is 9.15. The quantitative estimate of drug-likeness (QED) is 0.795. The van der Waals surface area contributed by atoms with E-state index < -0.39 is 0 Å². The summed E-state index contributed by atoms with van der Waals surface area (Å²) < 4.78 is 2.70. The molecular weight excluding hydrogens is 311 g/mol. The molecule has 0 saturated carbocycles. The smallest absolute Gasteiger partial charge is 0.0987 e. The number of rotatable bonds is 2. The van der Waals surface area contributed by atoms with Crippen LogP contribution in [-0.4, -0.2) is 9.55 Å². The maximum atomic E-state index is 6.08. The molecule has 0 aliphatic heterocycles. The van der Waals surface area contributed by atoms with Gasteiger partial charge in [0, 0.05) is 33.7 Å². The first-order chi connectivity index (χ1) is 7.66. The zero-order chi connectivity index (χ0) is 11.5. The van der Waals surface area contributed by atoms with Gasteiger partial charge in [-0.2, -0.15) is 0 Å². The number of hydrogen-bond donors (Lipinski definition) is 0. The maximum Gasteiger partial charge on any atom is 0.0987 e. The minimum Gasteiger partial charge on any atom is -0.312 e. The fourth-order valence-electron chi connectivity index (χ4n) is 1.23. The van der Waals surface area contributed by atoms with Crippen molar-refractivity contribution in [1.82, 2.24) is 9.55 Å². The molecule has 82 valence electrons. The van der Waals surface area contributed by atoms with E-state index in [0.29, 0.717) is 10.0 Å². The molecule has 2 nitrogen and oxygen atoms in total. The van der Waals surface area contributed by atoms with Crippen LogP contribution < -0.4 is 0 Å². The Balaban J connectivity index is 2.37. The first kappa shape index (κ1) is 11.7. The van der Waals surface area contributed by atoms with Gasteiger partial charge < -0.3 is 4.57 Å². The number of halogens is 3. The van der Waals surface area contributed by atoms with Crippen molar-refractivity contribution in [3.05, 3.63) is 52.5 Å². The van der Waals surface area contributed by atoms with E-state index in [9.17, 15) is 0 Å². The molecule has 0 atom stereocenters. The number of aromatic nitrogens is 2. The normalized spacial score (nSPS) is 11.8. The van der Waals surface area contributed by atoms with Crippen LogP contribution in [0, 0.1) is 0 Å². The van der Waals surface area contributed by atoms with Crippen LogP contribution in [0.15, 0.2) is 36.9 Å². The van der Waals surface area contributed by atoms with Crippen LogP contribution in [0.5, 0.6) is 0 Å². The first-order valence-corrected chi connectivity index (χ1v) is 6.02. The lowest BCUT2D eigenvalue weighted by Gasteiger charge is -2.03. The molecule has 0 aliphatic carbocycles. The van der Waals surface area contributed by atoms with Crippen LogP contribution >= 0.6 is 39.1 Å². The van der Waals surface area contributed by atoms with Crippen molar-refractivity contribution in [2.75, 3.05) is 0 Å². The van der Waals surface area contributed by atoms with Crippen molar-refractivity contribution in [1.29, 1.82) is 0 Å². The molecule has 0 saturated heterocycles. The summed E-state index contributed by atoms with van der Waals surface area (Å²) >= 11 is 15.4. The molecule has 0 fully saturated rings. The second-order valence-electron chi connectivity index (χ2n) is 3.11. The van der Waals surface area contributed by atoms with Crippen molar-refractivity contribution < 1.29 is 0 Å². The van der Waals surface area contributed by atoms with E-state index in [2.05, 4.69) is 20.9 Å². The summed E-state index contributed by atoms with van der Waals surface area (Å²) in [5.74, 6) is 0. The average Bonchev–Trinajstić information content (AvgIpc) is 2.70. The van der Waals surface area contributed by atoms with Gasteiger partial charge in [0.05, 0.1) is 11.3 Å². The maximum absolute atomic E-state index is 6.08. The Morgan fingerprint density at radius 1 is 1.38 bits per heavy atom. The summed E-state index contributed by atoms with van der Waals surface area (Å²) in [6, 6.07) is 5.37. The van der Waals surface area contributed by atoms with E-state index in [1.807, 2.05) is 23.0 Å². The molecule has 5 heteroatoms. The molecule has 2 rings (SSSR count). The third kappa shape index (κ3) is 2.67. The Hall–Kier alpha value is -0.770. The molecule has 2 aromatic rings. The molecule has 16 heavy (non-hydrogen) atoms. The van der Waals surface area contributed by atoms with Gasteiger partial charge in [0.2, 0.25) is 0 Å². The number of hydrogen-bond acceptors (Lipinski definition) is 1. The Morgan fingerprint density at radius 3 is 2.81 bits per heavy atom. The SMILES string of the molecule is Clc1ccc(C(Br)=Cn2ccnc2)c(Cl)c1. The summed E-state index contributed by atoms with van der Waals surface area (Å²) in [7, 11) is 0. The van der Waals surface area contributed by atoms with Gasteiger partial charge in [-0.3, -0.25) is 0 Å². The summed E-state index contributed by atoms with van der Waals surface area (Å²) in [5.41, 5.74) is 0.889. The predicted octanol–water partition coefficient (Wildman–Crippen LogP) is 4.54. The van der Waals surface area contributed by atoms with Gasteiger partial charge in [0.15, 0.2) is 0 Å². The molecule has 0 unspecified atom stereocenters. The largest absolute Gasteiger partial charge is 0.312 e. The molecule has 1 aromatic carbocycles. The summed E-state index contributed by atoms with van der Waals surface area (Å²) in [5, 5.41) is 1.23. The zero-order valence-electron chi connectivity index (χ0n) is 8.07. The third-order valence-corrected chi connectivity index (χ3v) is 3.16. The predicted molar refractivity (Wildman–Crippen MR) is 71.8 cm³/mol. The lowest BCUT2D eigenvalue weighted by molar-refractivity contribution is 1.14. The van der Waals surface area contributed by atoms with Gasteiger partial charge in [-0.25, -0.2) is 4.98 Å². The van der Waals surface area contributed by atoms with Gasteiger partial charge in [-0.1, -0.05) is 29.3 Å². The van der Waals surface area contributed by atoms with Crippen LogP contribution in [0.25, 0.3) is 10.7 Å². The van der Waals surface area contributed by atoms with E-state index in [1.165, 1.54) is 0 Å². The molecule has 0 N–H and O–H groups in total. The molecule has 1 heterocycles.